The van der Waals surface area contributed by atoms with E-state index in [-0.39, 0.29) is 0 Å². The normalized spacial score (nSPS) is 26.8. The Morgan fingerprint density at radius 3 is 3.50 bits per heavy atom. The van der Waals surface area contributed by atoms with E-state index in [1.807, 2.05) is 6.08 Å². The van der Waals surface area contributed by atoms with Gasteiger partial charge < -0.3 is 0 Å². The average molecular weight is 163 g/mol. The van der Waals surface area contributed by atoms with Gasteiger partial charge in [0.15, 0.2) is 0 Å². The second-order valence-electron chi connectivity index (χ2n) is 2.96. The van der Waals surface area contributed by atoms with Crippen LogP contribution in [0.15, 0.2) is 36.6 Å². The van der Waals surface area contributed by atoms with Gasteiger partial charge >= 0.3 is 0 Å². The first-order chi connectivity index (χ1) is 5.92. The molecular formula is C9H13N3. The zero-order valence-electron chi connectivity index (χ0n) is 6.96. The molecule has 1 aliphatic carbocycles. The molecule has 1 unspecified atom stereocenters. The van der Waals surface area contributed by atoms with Gasteiger partial charge in [-0.25, -0.2) is 5.43 Å². The van der Waals surface area contributed by atoms with E-state index in [9.17, 15) is 0 Å². The molecule has 1 saturated heterocycles. The van der Waals surface area contributed by atoms with Crippen LogP contribution in [-0.2, 0) is 0 Å². The van der Waals surface area contributed by atoms with E-state index in [0.29, 0.717) is 6.04 Å². The third-order valence-electron chi connectivity index (χ3n) is 2.13. The zero-order chi connectivity index (χ0) is 8.39. The van der Waals surface area contributed by atoms with Crippen LogP contribution in [0.5, 0.6) is 0 Å². The molecular weight excluding hydrogens is 150 g/mol. The standard InChI is InChI=1S/C9H13N3/c1-2-7-12-9-6-4-3-5-8(9)10-11-12/h2-4,6,8,10-11H,1,5,7H2. The van der Waals surface area contributed by atoms with Crippen molar-refractivity contribution in [1.29, 1.82) is 0 Å². The Kier molecular flexibility index (Phi) is 1.98. The number of hydrazine groups is 2. The summed E-state index contributed by atoms with van der Waals surface area (Å²) in [5, 5.41) is 2.07. The van der Waals surface area contributed by atoms with Crippen molar-refractivity contribution in [2.45, 2.75) is 12.5 Å². The molecule has 1 atom stereocenters. The summed E-state index contributed by atoms with van der Waals surface area (Å²) in [6.45, 7) is 4.54. The SMILES string of the molecule is C=CCN1NNC2CC=CC=C21. The van der Waals surface area contributed by atoms with Gasteiger partial charge in [-0.3, -0.25) is 5.01 Å². The highest BCUT2D eigenvalue weighted by Crippen LogP contribution is 2.19. The Morgan fingerprint density at radius 1 is 1.75 bits per heavy atom. The summed E-state index contributed by atoms with van der Waals surface area (Å²) in [5.41, 5.74) is 7.61. The van der Waals surface area contributed by atoms with E-state index in [1.54, 1.807) is 0 Å². The van der Waals surface area contributed by atoms with Crippen LogP contribution in [0.25, 0.3) is 0 Å². The number of fused-ring (bicyclic) bond motifs is 1. The molecule has 1 fully saturated rings. The van der Waals surface area contributed by atoms with E-state index in [2.05, 4.69) is 40.8 Å². The van der Waals surface area contributed by atoms with E-state index in [0.717, 1.165) is 13.0 Å². The van der Waals surface area contributed by atoms with Crippen molar-refractivity contribution >= 4 is 0 Å². The Balaban J connectivity index is 2.13. The molecule has 0 radical (unpaired) electrons. The van der Waals surface area contributed by atoms with E-state index >= 15 is 0 Å². The fourth-order valence-electron chi connectivity index (χ4n) is 1.53. The molecule has 2 N–H and O–H groups in total. The molecule has 0 saturated carbocycles. The third-order valence-corrected chi connectivity index (χ3v) is 2.13. The summed E-state index contributed by atoms with van der Waals surface area (Å²) in [5.74, 6) is 0. The van der Waals surface area contributed by atoms with Gasteiger partial charge in [0.1, 0.15) is 0 Å². The van der Waals surface area contributed by atoms with Crippen LogP contribution in [-0.4, -0.2) is 17.6 Å². The first-order valence-corrected chi connectivity index (χ1v) is 4.18. The molecule has 0 amide bonds. The largest absolute Gasteiger partial charge is 0.294 e. The van der Waals surface area contributed by atoms with Gasteiger partial charge in [-0.05, 0) is 12.5 Å². The van der Waals surface area contributed by atoms with E-state index < -0.39 is 0 Å². The van der Waals surface area contributed by atoms with Crippen molar-refractivity contribution in [2.75, 3.05) is 6.54 Å². The van der Waals surface area contributed by atoms with Crippen LogP contribution in [0, 0.1) is 0 Å². The lowest BCUT2D eigenvalue weighted by molar-refractivity contribution is 0.295. The summed E-state index contributed by atoms with van der Waals surface area (Å²) in [6.07, 6.45) is 9.34. The van der Waals surface area contributed by atoms with Gasteiger partial charge in [0.2, 0.25) is 0 Å². The topological polar surface area (TPSA) is 27.3 Å². The number of nitrogens with one attached hydrogen (secondary N) is 2. The second-order valence-corrected chi connectivity index (χ2v) is 2.96. The van der Waals surface area contributed by atoms with Crippen molar-refractivity contribution in [3.63, 3.8) is 0 Å². The minimum Gasteiger partial charge on any atom is -0.294 e. The van der Waals surface area contributed by atoms with Crippen molar-refractivity contribution in [3.8, 4) is 0 Å². The van der Waals surface area contributed by atoms with Crippen molar-refractivity contribution in [1.82, 2.24) is 16.0 Å². The monoisotopic (exact) mass is 163 g/mol. The van der Waals surface area contributed by atoms with Gasteiger partial charge in [-0.1, -0.05) is 18.2 Å². The van der Waals surface area contributed by atoms with Crippen LogP contribution >= 0.6 is 0 Å². The van der Waals surface area contributed by atoms with Gasteiger partial charge in [-0.2, -0.15) is 5.53 Å². The number of allylic oxidation sites excluding steroid dienone is 2. The molecule has 2 aliphatic rings. The highest BCUT2D eigenvalue weighted by atomic mass is 15.7. The first-order valence-electron chi connectivity index (χ1n) is 4.18. The number of hydrogen-bond acceptors (Lipinski definition) is 3. The number of rotatable bonds is 2. The Morgan fingerprint density at radius 2 is 2.67 bits per heavy atom. The van der Waals surface area contributed by atoms with Gasteiger partial charge in [0.25, 0.3) is 0 Å². The van der Waals surface area contributed by atoms with Crippen LogP contribution in [0.3, 0.4) is 0 Å². The molecule has 2 rings (SSSR count). The van der Waals surface area contributed by atoms with Crippen LogP contribution in [0.2, 0.25) is 0 Å². The van der Waals surface area contributed by atoms with Gasteiger partial charge in [-0.15, -0.1) is 6.58 Å². The Labute approximate surface area is 72.4 Å². The molecule has 0 aromatic rings. The third kappa shape index (κ3) is 1.17. The highest BCUT2D eigenvalue weighted by Gasteiger charge is 2.25. The van der Waals surface area contributed by atoms with Crippen molar-refractivity contribution in [2.24, 2.45) is 0 Å². The maximum absolute atomic E-state index is 3.71. The van der Waals surface area contributed by atoms with Crippen molar-refractivity contribution in [3.05, 3.63) is 36.6 Å². The highest BCUT2D eigenvalue weighted by molar-refractivity contribution is 5.24. The fourth-order valence-corrected chi connectivity index (χ4v) is 1.53. The van der Waals surface area contributed by atoms with Gasteiger partial charge in [0, 0.05) is 5.70 Å². The van der Waals surface area contributed by atoms with E-state index in [4.69, 9.17) is 0 Å². The maximum atomic E-state index is 3.71. The molecule has 64 valence electrons. The fraction of sp³-hybridized carbons (Fsp3) is 0.333. The molecule has 3 heteroatoms. The average Bonchev–Trinajstić information content (AvgIpc) is 2.50. The smallest absolute Gasteiger partial charge is 0.0677 e. The molecule has 0 aromatic heterocycles. The van der Waals surface area contributed by atoms with Gasteiger partial charge in [0.05, 0.1) is 12.6 Å². The molecule has 1 heterocycles. The summed E-state index contributed by atoms with van der Waals surface area (Å²) in [7, 11) is 0. The molecule has 1 aliphatic heterocycles. The minimum atomic E-state index is 0.440. The quantitative estimate of drug-likeness (QED) is 0.587. The molecule has 12 heavy (non-hydrogen) atoms. The van der Waals surface area contributed by atoms with Crippen molar-refractivity contribution < 1.29 is 0 Å². The van der Waals surface area contributed by atoms with E-state index in [1.165, 1.54) is 5.70 Å². The number of hydrogen-bond donors (Lipinski definition) is 2. The van der Waals surface area contributed by atoms with Crippen LogP contribution < -0.4 is 11.0 Å². The minimum absolute atomic E-state index is 0.440. The lowest BCUT2D eigenvalue weighted by Gasteiger charge is -2.18. The summed E-state index contributed by atoms with van der Waals surface area (Å²) >= 11 is 0. The molecule has 0 bridgehead atoms. The lowest BCUT2D eigenvalue weighted by atomic mass is 10.1. The Hall–Kier alpha value is -1.06. The number of nitrogens with zero attached hydrogens (tertiary/aromatic N) is 1. The maximum Gasteiger partial charge on any atom is 0.0677 e. The second kappa shape index (κ2) is 3.13. The lowest BCUT2D eigenvalue weighted by Crippen LogP contribution is -2.36. The Bertz CT molecular complexity index is 242. The molecule has 0 spiro atoms. The summed E-state index contributed by atoms with van der Waals surface area (Å²) in [6, 6.07) is 0.440. The zero-order valence-corrected chi connectivity index (χ0v) is 6.96. The summed E-state index contributed by atoms with van der Waals surface area (Å²) in [4.78, 5) is 0. The van der Waals surface area contributed by atoms with Crippen LogP contribution in [0.4, 0.5) is 0 Å². The summed E-state index contributed by atoms with van der Waals surface area (Å²) < 4.78 is 0. The first kappa shape index (κ1) is 7.58. The molecule has 0 aromatic carbocycles. The predicted octanol–water partition coefficient (Wildman–Crippen LogP) is 0.710. The molecule has 3 nitrogen and oxygen atoms in total. The van der Waals surface area contributed by atoms with Crippen LogP contribution in [0.1, 0.15) is 6.42 Å². The predicted molar refractivity (Wildman–Crippen MR) is 48.8 cm³/mol.